The predicted octanol–water partition coefficient (Wildman–Crippen LogP) is 4.26. The lowest BCUT2D eigenvalue weighted by Crippen LogP contribution is -2.35. The standard InChI is InChI=1S/C23H27BrN4O2/c1-16-5-3-10-28(15-16)11-4-12-30-19-8-6-17(7-9-19)22-26-20-13-18(24)14-25-21(20)23(29)27(22)2/h6-9,13-14,16H,3-5,10-12,15H2,1-2H3/t16-/m0/s1. The molecule has 0 radical (unpaired) electrons. The summed E-state index contributed by atoms with van der Waals surface area (Å²) in [4.78, 5) is 24.0. The number of nitrogens with zero attached hydrogens (tertiary/aromatic N) is 4. The number of aromatic nitrogens is 3. The minimum atomic E-state index is -0.158. The Balaban J connectivity index is 1.41. The molecule has 4 rings (SSSR count). The van der Waals surface area contributed by atoms with Crippen molar-refractivity contribution in [1.82, 2.24) is 19.4 Å². The summed E-state index contributed by atoms with van der Waals surface area (Å²) in [6.45, 7) is 6.55. The van der Waals surface area contributed by atoms with Crippen molar-refractivity contribution in [2.24, 2.45) is 13.0 Å². The maximum absolute atomic E-state index is 12.6. The highest BCUT2D eigenvalue weighted by molar-refractivity contribution is 9.10. The van der Waals surface area contributed by atoms with E-state index >= 15 is 0 Å². The zero-order valence-electron chi connectivity index (χ0n) is 17.5. The van der Waals surface area contributed by atoms with Gasteiger partial charge in [0, 0.05) is 36.4 Å². The van der Waals surface area contributed by atoms with Gasteiger partial charge in [-0.15, -0.1) is 0 Å². The van der Waals surface area contributed by atoms with Gasteiger partial charge in [-0.25, -0.2) is 9.97 Å². The maximum atomic E-state index is 12.6. The van der Waals surface area contributed by atoms with Gasteiger partial charge in [0.05, 0.1) is 12.1 Å². The van der Waals surface area contributed by atoms with Crippen molar-refractivity contribution >= 4 is 27.0 Å². The lowest BCUT2D eigenvalue weighted by atomic mass is 10.0. The van der Waals surface area contributed by atoms with Crippen LogP contribution in [0.2, 0.25) is 0 Å². The van der Waals surface area contributed by atoms with E-state index in [0.717, 1.165) is 34.7 Å². The molecule has 0 amide bonds. The van der Waals surface area contributed by atoms with E-state index in [1.807, 2.05) is 30.3 Å². The van der Waals surface area contributed by atoms with E-state index in [4.69, 9.17) is 4.74 Å². The highest BCUT2D eigenvalue weighted by Crippen LogP contribution is 2.22. The second-order valence-electron chi connectivity index (χ2n) is 8.10. The molecule has 1 aromatic carbocycles. The third kappa shape index (κ3) is 4.73. The van der Waals surface area contributed by atoms with Crippen LogP contribution < -0.4 is 10.3 Å². The number of pyridine rings is 1. The molecule has 0 spiro atoms. The van der Waals surface area contributed by atoms with E-state index in [-0.39, 0.29) is 5.56 Å². The Labute approximate surface area is 185 Å². The second kappa shape index (κ2) is 9.27. The van der Waals surface area contributed by atoms with E-state index in [1.165, 1.54) is 25.9 Å². The first-order chi connectivity index (χ1) is 14.5. The minimum absolute atomic E-state index is 0.158. The zero-order chi connectivity index (χ0) is 21.1. The molecule has 3 aromatic rings. The van der Waals surface area contributed by atoms with E-state index < -0.39 is 0 Å². The Bertz CT molecular complexity index is 1080. The second-order valence-corrected chi connectivity index (χ2v) is 9.01. The number of hydrogen-bond acceptors (Lipinski definition) is 5. The molecule has 1 atom stereocenters. The number of benzene rings is 1. The highest BCUT2D eigenvalue weighted by Gasteiger charge is 2.15. The molecule has 30 heavy (non-hydrogen) atoms. The molecule has 0 aliphatic carbocycles. The number of ether oxygens (including phenoxy) is 1. The van der Waals surface area contributed by atoms with Crippen LogP contribution in [0.15, 0.2) is 45.8 Å². The van der Waals surface area contributed by atoms with Gasteiger partial charge in [-0.2, -0.15) is 0 Å². The molecule has 3 heterocycles. The molecule has 0 N–H and O–H groups in total. The molecule has 7 heteroatoms. The Hall–Kier alpha value is -2.25. The van der Waals surface area contributed by atoms with Gasteiger partial charge in [0.1, 0.15) is 11.6 Å². The van der Waals surface area contributed by atoms with Gasteiger partial charge >= 0.3 is 0 Å². The number of likely N-dealkylation sites (tertiary alicyclic amines) is 1. The van der Waals surface area contributed by atoms with Crippen LogP contribution in [0.1, 0.15) is 26.2 Å². The molecule has 1 saturated heterocycles. The third-order valence-electron chi connectivity index (χ3n) is 5.63. The van der Waals surface area contributed by atoms with Gasteiger partial charge in [-0.1, -0.05) is 6.92 Å². The molecule has 0 bridgehead atoms. The van der Waals surface area contributed by atoms with E-state index in [9.17, 15) is 4.79 Å². The molecule has 1 fully saturated rings. The molecule has 1 aliphatic heterocycles. The van der Waals surface area contributed by atoms with Crippen molar-refractivity contribution < 1.29 is 4.74 Å². The van der Waals surface area contributed by atoms with Crippen molar-refractivity contribution in [2.45, 2.75) is 26.2 Å². The van der Waals surface area contributed by atoms with Gasteiger partial charge in [0.2, 0.25) is 0 Å². The van der Waals surface area contributed by atoms with Crippen molar-refractivity contribution in [3.05, 3.63) is 51.4 Å². The number of rotatable bonds is 6. The van der Waals surface area contributed by atoms with Crippen LogP contribution in [0.25, 0.3) is 22.4 Å². The Morgan fingerprint density at radius 1 is 1.27 bits per heavy atom. The molecule has 1 aliphatic rings. The quantitative estimate of drug-likeness (QED) is 0.503. The SMILES string of the molecule is C[C@H]1CCCN(CCCOc2ccc(-c3nc4cc(Br)cnc4c(=O)n3C)cc2)C1. The first-order valence-electron chi connectivity index (χ1n) is 10.5. The van der Waals surface area contributed by atoms with Crippen LogP contribution in [-0.4, -0.2) is 45.7 Å². The summed E-state index contributed by atoms with van der Waals surface area (Å²) in [5.74, 6) is 2.25. The van der Waals surface area contributed by atoms with Crippen molar-refractivity contribution in [1.29, 1.82) is 0 Å². The summed E-state index contributed by atoms with van der Waals surface area (Å²) in [5.41, 5.74) is 1.66. The average Bonchev–Trinajstić information content (AvgIpc) is 2.74. The van der Waals surface area contributed by atoms with Crippen molar-refractivity contribution in [2.75, 3.05) is 26.2 Å². The zero-order valence-corrected chi connectivity index (χ0v) is 19.1. The van der Waals surface area contributed by atoms with Crippen LogP contribution in [0.5, 0.6) is 5.75 Å². The van der Waals surface area contributed by atoms with Gasteiger partial charge in [-0.3, -0.25) is 9.36 Å². The molecule has 158 valence electrons. The highest BCUT2D eigenvalue weighted by atomic mass is 79.9. The Kier molecular flexibility index (Phi) is 6.49. The predicted molar refractivity (Wildman–Crippen MR) is 123 cm³/mol. The summed E-state index contributed by atoms with van der Waals surface area (Å²) >= 11 is 3.39. The van der Waals surface area contributed by atoms with Gasteiger partial charge in [0.25, 0.3) is 5.56 Å². The van der Waals surface area contributed by atoms with Crippen LogP contribution in [-0.2, 0) is 7.05 Å². The number of hydrogen-bond donors (Lipinski definition) is 0. The first kappa shape index (κ1) is 21.0. The Morgan fingerprint density at radius 2 is 2.07 bits per heavy atom. The number of halogens is 1. The average molecular weight is 471 g/mol. The van der Waals surface area contributed by atoms with E-state index in [1.54, 1.807) is 17.8 Å². The summed E-state index contributed by atoms with van der Waals surface area (Å²) in [6, 6.07) is 9.58. The van der Waals surface area contributed by atoms with Crippen molar-refractivity contribution in [3.8, 4) is 17.1 Å². The van der Waals surface area contributed by atoms with Crippen LogP contribution in [0.4, 0.5) is 0 Å². The number of piperidine rings is 1. The summed E-state index contributed by atoms with van der Waals surface area (Å²) in [7, 11) is 1.72. The molecule has 6 nitrogen and oxygen atoms in total. The monoisotopic (exact) mass is 470 g/mol. The fourth-order valence-corrected chi connectivity index (χ4v) is 4.37. The third-order valence-corrected chi connectivity index (χ3v) is 6.06. The lowest BCUT2D eigenvalue weighted by molar-refractivity contribution is 0.170. The summed E-state index contributed by atoms with van der Waals surface area (Å²) in [5, 5.41) is 0. The largest absolute Gasteiger partial charge is 0.494 e. The first-order valence-corrected chi connectivity index (χ1v) is 11.3. The topological polar surface area (TPSA) is 60.2 Å². The maximum Gasteiger partial charge on any atom is 0.280 e. The summed E-state index contributed by atoms with van der Waals surface area (Å²) < 4.78 is 8.26. The molecule has 0 unspecified atom stereocenters. The normalized spacial score (nSPS) is 17.4. The van der Waals surface area contributed by atoms with Gasteiger partial charge in [-0.05, 0) is 78.0 Å². The molecular weight excluding hydrogens is 444 g/mol. The summed E-state index contributed by atoms with van der Waals surface area (Å²) in [6.07, 6.45) is 5.30. The Morgan fingerprint density at radius 3 is 2.83 bits per heavy atom. The molecule has 2 aromatic heterocycles. The van der Waals surface area contributed by atoms with Crippen LogP contribution in [0.3, 0.4) is 0 Å². The van der Waals surface area contributed by atoms with Gasteiger partial charge in [0.15, 0.2) is 5.52 Å². The fourth-order valence-electron chi connectivity index (χ4n) is 4.05. The molecular formula is C23H27BrN4O2. The fraction of sp³-hybridized carbons (Fsp3) is 0.435. The van der Waals surface area contributed by atoms with Crippen LogP contribution >= 0.6 is 15.9 Å². The van der Waals surface area contributed by atoms with E-state index in [2.05, 4.69) is 37.7 Å². The van der Waals surface area contributed by atoms with Gasteiger partial charge < -0.3 is 9.64 Å². The van der Waals surface area contributed by atoms with E-state index in [0.29, 0.717) is 23.5 Å². The van der Waals surface area contributed by atoms with Crippen molar-refractivity contribution in [3.63, 3.8) is 0 Å². The molecule has 0 saturated carbocycles. The smallest absolute Gasteiger partial charge is 0.280 e. The van der Waals surface area contributed by atoms with Crippen LogP contribution in [0, 0.1) is 5.92 Å². The number of fused-ring (bicyclic) bond motifs is 1. The lowest BCUT2D eigenvalue weighted by Gasteiger charge is -2.30. The minimum Gasteiger partial charge on any atom is -0.494 e.